The van der Waals surface area contributed by atoms with Gasteiger partial charge in [-0.15, -0.1) is 0 Å². The summed E-state index contributed by atoms with van der Waals surface area (Å²) in [6.07, 6.45) is 2.28. The Kier molecular flexibility index (Phi) is 5.97. The predicted octanol–water partition coefficient (Wildman–Crippen LogP) is 2.66. The van der Waals surface area contributed by atoms with Crippen molar-refractivity contribution < 1.29 is 4.79 Å². The molecule has 0 aliphatic carbocycles. The highest BCUT2D eigenvalue weighted by molar-refractivity contribution is 5.94. The van der Waals surface area contributed by atoms with E-state index in [2.05, 4.69) is 30.1 Å². The lowest BCUT2D eigenvalue weighted by Crippen LogP contribution is -2.40. The molecular formula is C18H25N3O. The van der Waals surface area contributed by atoms with E-state index in [1.165, 1.54) is 19.5 Å². The molecule has 1 aliphatic heterocycles. The molecule has 4 heteroatoms. The van der Waals surface area contributed by atoms with Gasteiger partial charge in [0.25, 0.3) is 5.91 Å². The second-order valence-electron chi connectivity index (χ2n) is 6.51. The van der Waals surface area contributed by atoms with Gasteiger partial charge in [0.05, 0.1) is 11.6 Å². The van der Waals surface area contributed by atoms with Crippen molar-refractivity contribution in [3.05, 3.63) is 35.4 Å². The van der Waals surface area contributed by atoms with Crippen molar-refractivity contribution in [3.8, 4) is 6.07 Å². The van der Waals surface area contributed by atoms with Crippen LogP contribution in [0.2, 0.25) is 0 Å². The van der Waals surface area contributed by atoms with Gasteiger partial charge in [-0.1, -0.05) is 19.9 Å². The fraction of sp³-hybridized carbons (Fsp3) is 0.556. The minimum atomic E-state index is -0.0996. The average molecular weight is 299 g/mol. The largest absolute Gasteiger partial charge is 0.352 e. The standard InChI is InChI=1S/C18H25N3O/c1-14-9-15(2)13-21(12-14)8-4-7-20-18(22)17-6-3-5-16(10-17)11-19/h3,5-6,10,14-15H,4,7-9,12-13H2,1-2H3,(H,20,22)/t14-,15+. The van der Waals surface area contributed by atoms with Crippen molar-refractivity contribution in [2.75, 3.05) is 26.2 Å². The zero-order valence-corrected chi connectivity index (χ0v) is 13.5. The summed E-state index contributed by atoms with van der Waals surface area (Å²) in [6, 6.07) is 8.87. The molecule has 1 aromatic rings. The lowest BCUT2D eigenvalue weighted by molar-refractivity contribution is 0.0947. The number of piperidine rings is 1. The number of rotatable bonds is 5. The fourth-order valence-electron chi connectivity index (χ4n) is 3.31. The molecule has 0 aromatic heterocycles. The SMILES string of the molecule is C[C@@H]1C[C@H](C)CN(CCCNC(=O)c2cccc(C#N)c2)C1. The molecule has 1 amide bonds. The van der Waals surface area contributed by atoms with Crippen LogP contribution in [0.4, 0.5) is 0 Å². The molecule has 1 N–H and O–H groups in total. The van der Waals surface area contributed by atoms with Gasteiger partial charge in [0.2, 0.25) is 0 Å². The number of carbonyl (C=O) groups is 1. The first kappa shape index (κ1) is 16.5. The van der Waals surface area contributed by atoms with E-state index >= 15 is 0 Å². The molecule has 0 unspecified atom stereocenters. The number of carbonyl (C=O) groups excluding carboxylic acids is 1. The molecule has 1 fully saturated rings. The summed E-state index contributed by atoms with van der Waals surface area (Å²) < 4.78 is 0. The van der Waals surface area contributed by atoms with Crippen LogP contribution in [-0.2, 0) is 0 Å². The Labute approximate surface area is 133 Å². The van der Waals surface area contributed by atoms with Crippen LogP contribution in [0, 0.1) is 23.2 Å². The van der Waals surface area contributed by atoms with Gasteiger partial charge in [0.15, 0.2) is 0 Å². The minimum absolute atomic E-state index is 0.0996. The summed E-state index contributed by atoms with van der Waals surface area (Å²) in [5.41, 5.74) is 1.07. The minimum Gasteiger partial charge on any atom is -0.352 e. The highest BCUT2D eigenvalue weighted by atomic mass is 16.1. The second-order valence-corrected chi connectivity index (χ2v) is 6.51. The summed E-state index contributed by atoms with van der Waals surface area (Å²) in [4.78, 5) is 14.5. The highest BCUT2D eigenvalue weighted by Crippen LogP contribution is 2.20. The lowest BCUT2D eigenvalue weighted by Gasteiger charge is -2.34. The van der Waals surface area contributed by atoms with Gasteiger partial charge in [-0.2, -0.15) is 5.26 Å². The van der Waals surface area contributed by atoms with E-state index in [0.29, 0.717) is 17.7 Å². The van der Waals surface area contributed by atoms with Crippen LogP contribution < -0.4 is 5.32 Å². The van der Waals surface area contributed by atoms with Crippen molar-refractivity contribution in [1.82, 2.24) is 10.2 Å². The first-order valence-electron chi connectivity index (χ1n) is 8.09. The maximum absolute atomic E-state index is 12.0. The van der Waals surface area contributed by atoms with Crippen molar-refractivity contribution >= 4 is 5.91 Å². The molecule has 1 aromatic carbocycles. The molecule has 0 bridgehead atoms. The number of nitrogens with one attached hydrogen (secondary N) is 1. The third kappa shape index (κ3) is 4.85. The monoisotopic (exact) mass is 299 g/mol. The van der Waals surface area contributed by atoms with Gasteiger partial charge in [-0.25, -0.2) is 0 Å². The molecule has 0 radical (unpaired) electrons. The number of likely N-dealkylation sites (tertiary alicyclic amines) is 1. The highest BCUT2D eigenvalue weighted by Gasteiger charge is 2.21. The van der Waals surface area contributed by atoms with E-state index in [9.17, 15) is 4.79 Å². The Bertz CT molecular complexity index is 540. The number of hydrogen-bond donors (Lipinski definition) is 1. The summed E-state index contributed by atoms with van der Waals surface area (Å²) in [6.45, 7) is 8.67. The molecule has 118 valence electrons. The van der Waals surface area contributed by atoms with E-state index in [4.69, 9.17) is 5.26 Å². The Balaban J connectivity index is 1.72. The Morgan fingerprint density at radius 3 is 2.77 bits per heavy atom. The third-order valence-corrected chi connectivity index (χ3v) is 4.14. The van der Waals surface area contributed by atoms with Crippen molar-refractivity contribution in [2.45, 2.75) is 26.7 Å². The number of nitrogens with zero attached hydrogens (tertiary/aromatic N) is 2. The zero-order chi connectivity index (χ0) is 15.9. The van der Waals surface area contributed by atoms with E-state index < -0.39 is 0 Å². The summed E-state index contributed by atoms with van der Waals surface area (Å²) in [7, 11) is 0. The van der Waals surface area contributed by atoms with Crippen molar-refractivity contribution in [1.29, 1.82) is 5.26 Å². The van der Waals surface area contributed by atoms with Gasteiger partial charge < -0.3 is 10.2 Å². The molecule has 22 heavy (non-hydrogen) atoms. The van der Waals surface area contributed by atoms with E-state index in [1.54, 1.807) is 24.3 Å². The van der Waals surface area contributed by atoms with Crippen LogP contribution in [0.5, 0.6) is 0 Å². The summed E-state index contributed by atoms with van der Waals surface area (Å²) in [5, 5.41) is 11.8. The van der Waals surface area contributed by atoms with Crippen LogP contribution in [0.3, 0.4) is 0 Å². The Morgan fingerprint density at radius 1 is 1.36 bits per heavy atom. The van der Waals surface area contributed by atoms with E-state index in [1.807, 2.05) is 0 Å². The van der Waals surface area contributed by atoms with Crippen molar-refractivity contribution in [3.63, 3.8) is 0 Å². The molecule has 1 heterocycles. The van der Waals surface area contributed by atoms with Gasteiger partial charge >= 0.3 is 0 Å². The average Bonchev–Trinajstić information content (AvgIpc) is 2.50. The lowest BCUT2D eigenvalue weighted by atomic mass is 9.92. The van der Waals surface area contributed by atoms with Crippen LogP contribution in [0.1, 0.15) is 42.6 Å². The number of amides is 1. The van der Waals surface area contributed by atoms with Gasteiger partial charge in [-0.3, -0.25) is 4.79 Å². The van der Waals surface area contributed by atoms with Crippen LogP contribution in [0.25, 0.3) is 0 Å². The zero-order valence-electron chi connectivity index (χ0n) is 13.5. The first-order chi connectivity index (χ1) is 10.6. The normalized spacial score (nSPS) is 22.0. The van der Waals surface area contributed by atoms with Gasteiger partial charge in [0, 0.05) is 25.2 Å². The quantitative estimate of drug-likeness (QED) is 0.850. The van der Waals surface area contributed by atoms with E-state index in [0.717, 1.165) is 24.8 Å². The summed E-state index contributed by atoms with van der Waals surface area (Å²) in [5.74, 6) is 1.44. The smallest absolute Gasteiger partial charge is 0.251 e. The van der Waals surface area contributed by atoms with Crippen molar-refractivity contribution in [2.24, 2.45) is 11.8 Å². The molecule has 4 nitrogen and oxygen atoms in total. The van der Waals surface area contributed by atoms with E-state index in [-0.39, 0.29) is 5.91 Å². The number of hydrogen-bond acceptors (Lipinski definition) is 3. The Hall–Kier alpha value is -1.86. The molecule has 1 saturated heterocycles. The maximum Gasteiger partial charge on any atom is 0.251 e. The molecule has 2 atom stereocenters. The molecule has 0 spiro atoms. The second kappa shape index (κ2) is 7.95. The first-order valence-corrected chi connectivity index (χ1v) is 8.09. The molecule has 0 saturated carbocycles. The number of nitriles is 1. The molecule has 1 aliphatic rings. The molecule has 2 rings (SSSR count). The van der Waals surface area contributed by atoms with Gasteiger partial charge in [0.1, 0.15) is 0 Å². The predicted molar refractivity (Wildman–Crippen MR) is 87.5 cm³/mol. The topological polar surface area (TPSA) is 56.1 Å². The maximum atomic E-state index is 12.0. The van der Waals surface area contributed by atoms with Gasteiger partial charge in [-0.05, 0) is 49.4 Å². The number of benzene rings is 1. The Morgan fingerprint density at radius 2 is 2.09 bits per heavy atom. The summed E-state index contributed by atoms with van der Waals surface area (Å²) >= 11 is 0. The fourth-order valence-corrected chi connectivity index (χ4v) is 3.31. The van der Waals surface area contributed by atoms with Crippen LogP contribution >= 0.6 is 0 Å². The molecular weight excluding hydrogens is 274 g/mol. The van der Waals surface area contributed by atoms with Crippen LogP contribution in [-0.4, -0.2) is 37.0 Å². The third-order valence-electron chi connectivity index (χ3n) is 4.14. The van der Waals surface area contributed by atoms with Crippen LogP contribution in [0.15, 0.2) is 24.3 Å².